The third kappa shape index (κ3) is 3.35. The Kier molecular flexibility index (Phi) is 3.90. The van der Waals surface area contributed by atoms with Gasteiger partial charge >= 0.3 is 0 Å². The van der Waals surface area contributed by atoms with Crippen molar-refractivity contribution in [1.82, 2.24) is 15.1 Å². The predicted octanol–water partition coefficient (Wildman–Crippen LogP) is 2.02. The molecule has 3 N–H and O–H groups in total. The maximum atomic E-state index is 11.9. The fourth-order valence-electron chi connectivity index (χ4n) is 2.06. The molecule has 0 aliphatic carbocycles. The first-order chi connectivity index (χ1) is 8.95. The molecule has 2 aromatic heterocycles. The van der Waals surface area contributed by atoms with Crippen LogP contribution in [0.1, 0.15) is 28.3 Å². The van der Waals surface area contributed by atoms with Crippen molar-refractivity contribution in [3.05, 3.63) is 33.6 Å². The minimum absolute atomic E-state index is 0.00496. The fraction of sp³-hybridized carbons (Fsp3) is 0.385. The van der Waals surface area contributed by atoms with Crippen molar-refractivity contribution in [3.63, 3.8) is 0 Å². The van der Waals surface area contributed by atoms with E-state index < -0.39 is 0 Å². The quantitative estimate of drug-likeness (QED) is 0.898. The standard InChI is InChI=1S/C13H18N4OS/c1-8-6-11(10(3)19-8)9(2)15-13(18)7-17-5-4-12(14)16-17/h4-6,9H,7H2,1-3H3,(H2,14,16)(H,15,18). The minimum Gasteiger partial charge on any atom is -0.382 e. The molecule has 1 atom stereocenters. The Balaban J connectivity index is 1.97. The van der Waals surface area contributed by atoms with Gasteiger partial charge in [-0.15, -0.1) is 11.3 Å². The van der Waals surface area contributed by atoms with Crippen LogP contribution in [-0.2, 0) is 11.3 Å². The van der Waals surface area contributed by atoms with Gasteiger partial charge in [0.05, 0.1) is 6.04 Å². The van der Waals surface area contributed by atoms with E-state index in [2.05, 4.69) is 30.3 Å². The Hall–Kier alpha value is -1.82. The Morgan fingerprint density at radius 1 is 1.58 bits per heavy atom. The smallest absolute Gasteiger partial charge is 0.242 e. The van der Waals surface area contributed by atoms with E-state index in [4.69, 9.17) is 5.73 Å². The van der Waals surface area contributed by atoms with Crippen LogP contribution in [0.5, 0.6) is 0 Å². The molecular weight excluding hydrogens is 260 g/mol. The molecule has 1 unspecified atom stereocenters. The van der Waals surface area contributed by atoms with Crippen LogP contribution in [0.2, 0.25) is 0 Å². The molecule has 0 aliphatic rings. The third-order valence-electron chi connectivity index (χ3n) is 2.89. The van der Waals surface area contributed by atoms with Crippen molar-refractivity contribution >= 4 is 23.1 Å². The number of hydrogen-bond donors (Lipinski definition) is 2. The number of anilines is 1. The highest BCUT2D eigenvalue weighted by Crippen LogP contribution is 2.25. The van der Waals surface area contributed by atoms with Crippen molar-refractivity contribution in [2.75, 3.05) is 5.73 Å². The van der Waals surface area contributed by atoms with E-state index >= 15 is 0 Å². The van der Waals surface area contributed by atoms with Gasteiger partial charge in [0.2, 0.25) is 5.91 Å². The molecule has 0 saturated carbocycles. The number of aromatic nitrogens is 2. The van der Waals surface area contributed by atoms with Gasteiger partial charge in [-0.1, -0.05) is 0 Å². The SMILES string of the molecule is Cc1cc(C(C)NC(=O)Cn2ccc(N)n2)c(C)s1. The topological polar surface area (TPSA) is 72.9 Å². The number of nitrogens with one attached hydrogen (secondary N) is 1. The van der Waals surface area contributed by atoms with E-state index in [0.29, 0.717) is 5.82 Å². The van der Waals surface area contributed by atoms with Gasteiger partial charge in [-0.25, -0.2) is 0 Å². The Morgan fingerprint density at radius 2 is 2.32 bits per heavy atom. The summed E-state index contributed by atoms with van der Waals surface area (Å²) in [5.74, 6) is 0.351. The molecule has 0 fully saturated rings. The van der Waals surface area contributed by atoms with Crippen molar-refractivity contribution in [3.8, 4) is 0 Å². The van der Waals surface area contributed by atoms with Gasteiger partial charge in [0.25, 0.3) is 0 Å². The molecule has 19 heavy (non-hydrogen) atoms. The van der Waals surface area contributed by atoms with E-state index in [1.807, 2.05) is 6.92 Å². The highest BCUT2D eigenvalue weighted by molar-refractivity contribution is 7.12. The number of aryl methyl sites for hydroxylation is 2. The second kappa shape index (κ2) is 5.44. The number of thiophene rings is 1. The molecule has 5 nitrogen and oxygen atoms in total. The first-order valence-electron chi connectivity index (χ1n) is 6.11. The summed E-state index contributed by atoms with van der Waals surface area (Å²) in [5, 5.41) is 6.96. The zero-order valence-electron chi connectivity index (χ0n) is 11.3. The molecule has 2 heterocycles. The molecule has 0 spiro atoms. The summed E-state index contributed by atoms with van der Waals surface area (Å²) < 4.78 is 1.53. The number of hydrogen-bond acceptors (Lipinski definition) is 4. The van der Waals surface area contributed by atoms with Gasteiger partial charge in [0, 0.05) is 16.0 Å². The van der Waals surface area contributed by atoms with Crippen molar-refractivity contribution in [2.24, 2.45) is 0 Å². The van der Waals surface area contributed by atoms with Crippen molar-refractivity contribution < 1.29 is 4.79 Å². The number of nitrogens with two attached hydrogens (primary N) is 1. The minimum atomic E-state index is -0.0705. The van der Waals surface area contributed by atoms with E-state index in [1.54, 1.807) is 23.6 Å². The average Bonchev–Trinajstić information content (AvgIpc) is 2.84. The summed E-state index contributed by atoms with van der Waals surface area (Å²) >= 11 is 1.75. The van der Waals surface area contributed by atoms with Crippen LogP contribution in [0, 0.1) is 13.8 Å². The van der Waals surface area contributed by atoms with Crippen LogP contribution < -0.4 is 11.1 Å². The summed E-state index contributed by atoms with van der Waals surface area (Å²) in [7, 11) is 0. The van der Waals surface area contributed by atoms with Crippen LogP contribution in [-0.4, -0.2) is 15.7 Å². The fourth-order valence-corrected chi connectivity index (χ4v) is 3.08. The Morgan fingerprint density at radius 3 is 2.84 bits per heavy atom. The van der Waals surface area contributed by atoms with E-state index in [0.717, 1.165) is 0 Å². The van der Waals surface area contributed by atoms with Crippen LogP contribution in [0.15, 0.2) is 18.3 Å². The maximum Gasteiger partial charge on any atom is 0.242 e. The number of amides is 1. The van der Waals surface area contributed by atoms with Crippen LogP contribution in [0.3, 0.4) is 0 Å². The average molecular weight is 278 g/mol. The molecule has 0 aromatic carbocycles. The molecule has 0 saturated heterocycles. The zero-order chi connectivity index (χ0) is 14.0. The van der Waals surface area contributed by atoms with E-state index in [-0.39, 0.29) is 18.5 Å². The Bertz CT molecular complexity index is 587. The largest absolute Gasteiger partial charge is 0.382 e. The lowest BCUT2D eigenvalue weighted by Gasteiger charge is -2.14. The molecule has 0 bridgehead atoms. The van der Waals surface area contributed by atoms with Gasteiger partial charge in [0.1, 0.15) is 12.4 Å². The first kappa shape index (κ1) is 13.6. The second-order valence-electron chi connectivity index (χ2n) is 4.60. The van der Waals surface area contributed by atoms with E-state index in [1.165, 1.54) is 20.0 Å². The lowest BCUT2D eigenvalue weighted by molar-refractivity contribution is -0.122. The molecule has 0 radical (unpaired) electrons. The summed E-state index contributed by atoms with van der Waals surface area (Å²) in [6.07, 6.45) is 1.69. The molecule has 6 heteroatoms. The lowest BCUT2D eigenvalue weighted by Crippen LogP contribution is -2.30. The van der Waals surface area contributed by atoms with Crippen molar-refractivity contribution in [2.45, 2.75) is 33.4 Å². The van der Waals surface area contributed by atoms with Gasteiger partial charge in [-0.05, 0) is 38.5 Å². The van der Waals surface area contributed by atoms with Crippen LogP contribution in [0.4, 0.5) is 5.82 Å². The second-order valence-corrected chi connectivity index (χ2v) is 6.06. The van der Waals surface area contributed by atoms with Crippen molar-refractivity contribution in [1.29, 1.82) is 0 Å². The molecule has 1 amide bonds. The van der Waals surface area contributed by atoms with Gasteiger partial charge in [0.15, 0.2) is 0 Å². The molecule has 2 rings (SSSR count). The first-order valence-corrected chi connectivity index (χ1v) is 6.92. The van der Waals surface area contributed by atoms with Gasteiger partial charge in [-0.2, -0.15) is 5.10 Å². The number of nitrogen functional groups attached to an aromatic ring is 1. The number of carbonyl (C=O) groups excluding carboxylic acids is 1. The molecular formula is C13H18N4OS. The van der Waals surface area contributed by atoms with Gasteiger partial charge < -0.3 is 11.1 Å². The van der Waals surface area contributed by atoms with Gasteiger partial charge in [-0.3, -0.25) is 9.48 Å². The number of rotatable bonds is 4. The zero-order valence-corrected chi connectivity index (χ0v) is 12.1. The molecule has 102 valence electrons. The van der Waals surface area contributed by atoms with E-state index in [9.17, 15) is 4.79 Å². The number of carbonyl (C=O) groups is 1. The number of nitrogens with zero attached hydrogens (tertiary/aromatic N) is 2. The summed E-state index contributed by atoms with van der Waals surface area (Å²) in [6.45, 7) is 6.32. The van der Waals surface area contributed by atoms with Crippen LogP contribution in [0.25, 0.3) is 0 Å². The molecule has 0 aliphatic heterocycles. The summed E-state index contributed by atoms with van der Waals surface area (Å²) in [5.41, 5.74) is 6.68. The maximum absolute atomic E-state index is 11.9. The Labute approximate surface area is 116 Å². The summed E-state index contributed by atoms with van der Waals surface area (Å²) in [4.78, 5) is 14.4. The highest BCUT2D eigenvalue weighted by atomic mass is 32.1. The monoisotopic (exact) mass is 278 g/mol. The molecule has 2 aromatic rings. The third-order valence-corrected chi connectivity index (χ3v) is 3.87. The predicted molar refractivity (Wildman–Crippen MR) is 77.0 cm³/mol. The lowest BCUT2D eigenvalue weighted by atomic mass is 10.1. The summed E-state index contributed by atoms with van der Waals surface area (Å²) in [6, 6.07) is 3.80. The van der Waals surface area contributed by atoms with Crippen LogP contribution >= 0.6 is 11.3 Å². The highest BCUT2D eigenvalue weighted by Gasteiger charge is 2.14. The normalized spacial score (nSPS) is 12.4.